The van der Waals surface area contributed by atoms with Gasteiger partial charge >= 0.3 is 0 Å². The third kappa shape index (κ3) is 6.06. The van der Waals surface area contributed by atoms with Gasteiger partial charge in [0.05, 0.1) is 25.1 Å². The minimum Gasteiger partial charge on any atom is -0.493 e. The van der Waals surface area contributed by atoms with Gasteiger partial charge < -0.3 is 15.2 Å². The van der Waals surface area contributed by atoms with Gasteiger partial charge in [0, 0.05) is 16.2 Å². The molecule has 0 aliphatic heterocycles. The van der Waals surface area contributed by atoms with Crippen LogP contribution in [0.15, 0.2) is 63.2 Å². The van der Waals surface area contributed by atoms with Crippen molar-refractivity contribution < 1.29 is 18.9 Å². The van der Waals surface area contributed by atoms with Crippen LogP contribution in [-0.2, 0) is 5.75 Å². The Balaban J connectivity index is 1.56. The number of nitrogens with one attached hydrogen (secondary N) is 1. The van der Waals surface area contributed by atoms with Crippen molar-refractivity contribution in [3.63, 3.8) is 0 Å². The van der Waals surface area contributed by atoms with Crippen LogP contribution in [0, 0.1) is 0 Å². The number of anilines is 1. The molecule has 0 fully saturated rings. The fourth-order valence-electron chi connectivity index (χ4n) is 3.26. The van der Waals surface area contributed by atoms with E-state index in [1.165, 1.54) is 16.4 Å². The molecule has 0 aliphatic rings. The molecule has 37 heavy (non-hydrogen) atoms. The first-order chi connectivity index (χ1) is 18.0. The van der Waals surface area contributed by atoms with Gasteiger partial charge in [-0.25, -0.2) is 10.1 Å². The lowest BCUT2D eigenvalue weighted by Crippen LogP contribution is -2.21. The molecule has 0 unspecified atom stereocenters. The van der Waals surface area contributed by atoms with Gasteiger partial charge in [0.2, 0.25) is 11.6 Å². The summed E-state index contributed by atoms with van der Waals surface area (Å²) in [6.45, 7) is 4.38. The van der Waals surface area contributed by atoms with Crippen LogP contribution in [-0.4, -0.2) is 50.6 Å². The monoisotopic (exact) mass is 522 g/mol. The van der Waals surface area contributed by atoms with Gasteiger partial charge in [-0.15, -0.1) is 16.9 Å². The van der Waals surface area contributed by atoms with Crippen LogP contribution in [0.3, 0.4) is 0 Å². The van der Waals surface area contributed by atoms with E-state index in [1.807, 2.05) is 49.4 Å². The van der Waals surface area contributed by atoms with Crippen LogP contribution in [0.1, 0.15) is 42.0 Å². The fourth-order valence-corrected chi connectivity index (χ4v) is 4.17. The summed E-state index contributed by atoms with van der Waals surface area (Å²) < 4.78 is 17.2. The SMILES string of the molecule is CCCOc1ccc(/C(C)=N\NC(=O)c2nnn(-c3nonc3N)c2CSc2ccccc2)cc1OC. The summed E-state index contributed by atoms with van der Waals surface area (Å²) in [6, 6.07) is 15.2. The molecule has 0 saturated carbocycles. The minimum absolute atomic E-state index is 0.0250. The number of carbonyl (C=O) groups is 1. The Kier molecular flexibility index (Phi) is 8.36. The number of amides is 1. The zero-order chi connectivity index (χ0) is 26.2. The summed E-state index contributed by atoms with van der Waals surface area (Å²) >= 11 is 1.50. The molecule has 0 bridgehead atoms. The topological polar surface area (TPSA) is 156 Å². The first kappa shape index (κ1) is 25.7. The van der Waals surface area contributed by atoms with Gasteiger partial charge in [-0.3, -0.25) is 4.79 Å². The maximum absolute atomic E-state index is 13.1. The number of thioether (sulfide) groups is 1. The van der Waals surface area contributed by atoms with E-state index in [0.29, 0.717) is 35.3 Å². The molecule has 192 valence electrons. The highest BCUT2D eigenvalue weighted by molar-refractivity contribution is 7.98. The van der Waals surface area contributed by atoms with Gasteiger partial charge in [0.25, 0.3) is 5.91 Å². The van der Waals surface area contributed by atoms with Crippen LogP contribution >= 0.6 is 11.8 Å². The van der Waals surface area contributed by atoms with Crippen molar-refractivity contribution in [1.29, 1.82) is 0 Å². The van der Waals surface area contributed by atoms with Crippen molar-refractivity contribution in [3.05, 3.63) is 65.5 Å². The lowest BCUT2D eigenvalue weighted by molar-refractivity contribution is 0.0949. The summed E-state index contributed by atoms with van der Waals surface area (Å²) in [5.74, 6) is 1.20. The van der Waals surface area contributed by atoms with Crippen molar-refractivity contribution in [2.75, 3.05) is 19.5 Å². The Morgan fingerprint density at radius 3 is 2.70 bits per heavy atom. The van der Waals surface area contributed by atoms with Gasteiger partial charge in [-0.2, -0.15) is 9.78 Å². The molecule has 12 nitrogen and oxygen atoms in total. The molecule has 2 aromatic carbocycles. The molecule has 4 aromatic rings. The fraction of sp³-hybridized carbons (Fsp3) is 0.250. The molecular formula is C24H26N8O4S. The Morgan fingerprint density at radius 2 is 2.00 bits per heavy atom. The third-order valence-corrected chi connectivity index (χ3v) is 6.18. The first-order valence-corrected chi connectivity index (χ1v) is 12.4. The molecule has 3 N–H and O–H groups in total. The van der Waals surface area contributed by atoms with Crippen LogP contribution in [0.25, 0.3) is 5.82 Å². The van der Waals surface area contributed by atoms with Crippen LogP contribution in [0.2, 0.25) is 0 Å². The predicted molar refractivity (Wildman–Crippen MR) is 138 cm³/mol. The quantitative estimate of drug-likeness (QED) is 0.170. The standard InChI is InChI=1S/C24H26N8O4S/c1-4-12-35-19-11-10-16(13-20(19)34-3)15(2)26-28-24(33)21-18(14-37-17-8-6-5-7-9-17)32(31-27-21)23-22(25)29-36-30-23/h5-11,13H,4,12,14H2,1-3H3,(H2,25,29)(H,28,33)/b26-15-. The third-order valence-electron chi connectivity index (χ3n) is 5.16. The summed E-state index contributed by atoms with van der Waals surface area (Å²) in [4.78, 5) is 14.1. The van der Waals surface area contributed by atoms with Gasteiger partial charge in [-0.05, 0) is 54.0 Å². The largest absolute Gasteiger partial charge is 0.493 e. The molecule has 1 amide bonds. The summed E-state index contributed by atoms with van der Waals surface area (Å²) in [5.41, 5.74) is 10.3. The van der Waals surface area contributed by atoms with Crippen molar-refractivity contribution in [2.45, 2.75) is 30.9 Å². The second kappa shape index (κ2) is 12.0. The van der Waals surface area contributed by atoms with E-state index < -0.39 is 5.91 Å². The number of methoxy groups -OCH3 is 1. The van der Waals surface area contributed by atoms with Gasteiger partial charge in [0.15, 0.2) is 17.2 Å². The van der Waals surface area contributed by atoms with Crippen LogP contribution in [0.4, 0.5) is 5.82 Å². The number of aromatic nitrogens is 5. The van der Waals surface area contributed by atoms with E-state index in [2.05, 4.69) is 31.2 Å². The van der Waals surface area contributed by atoms with Crippen molar-refractivity contribution in [3.8, 4) is 17.3 Å². The van der Waals surface area contributed by atoms with E-state index in [9.17, 15) is 4.79 Å². The smallest absolute Gasteiger partial charge is 0.293 e. The normalized spacial score (nSPS) is 11.4. The number of benzene rings is 2. The number of carbonyl (C=O) groups excluding carboxylic acids is 1. The predicted octanol–water partition coefficient (Wildman–Crippen LogP) is 3.48. The molecule has 0 aliphatic carbocycles. The number of ether oxygens (including phenoxy) is 2. The maximum atomic E-state index is 13.1. The number of nitrogen functional groups attached to an aromatic ring is 1. The molecule has 13 heteroatoms. The van der Waals surface area contributed by atoms with Crippen molar-refractivity contribution in [2.24, 2.45) is 5.10 Å². The maximum Gasteiger partial charge on any atom is 0.293 e. The minimum atomic E-state index is -0.542. The molecule has 0 spiro atoms. The number of rotatable bonds is 11. The Labute approximate surface area is 217 Å². The Bertz CT molecular complexity index is 1390. The molecule has 0 saturated heterocycles. The number of nitrogens with zero attached hydrogens (tertiary/aromatic N) is 6. The molecular weight excluding hydrogens is 496 g/mol. The van der Waals surface area contributed by atoms with Crippen molar-refractivity contribution >= 4 is 29.2 Å². The number of hydrazone groups is 1. The molecule has 4 rings (SSSR count). The second-order valence-electron chi connectivity index (χ2n) is 7.72. The molecule has 0 radical (unpaired) electrons. The number of hydrogen-bond acceptors (Lipinski definition) is 11. The van der Waals surface area contributed by atoms with E-state index >= 15 is 0 Å². The average Bonchev–Trinajstić information content (AvgIpc) is 3.55. The first-order valence-electron chi connectivity index (χ1n) is 11.4. The van der Waals surface area contributed by atoms with Crippen LogP contribution in [0.5, 0.6) is 11.5 Å². The zero-order valence-electron chi connectivity index (χ0n) is 20.5. The Morgan fingerprint density at radius 1 is 1.19 bits per heavy atom. The summed E-state index contributed by atoms with van der Waals surface area (Å²) in [5, 5.41) is 19.8. The summed E-state index contributed by atoms with van der Waals surface area (Å²) in [7, 11) is 1.57. The van der Waals surface area contributed by atoms with E-state index in [0.717, 1.165) is 16.9 Å². The summed E-state index contributed by atoms with van der Waals surface area (Å²) in [6.07, 6.45) is 0.883. The van der Waals surface area contributed by atoms with Gasteiger partial charge in [-0.1, -0.05) is 30.3 Å². The highest BCUT2D eigenvalue weighted by atomic mass is 32.2. The number of hydrogen-bond donors (Lipinski definition) is 2. The highest BCUT2D eigenvalue weighted by Crippen LogP contribution is 2.29. The second-order valence-corrected chi connectivity index (χ2v) is 8.77. The van der Waals surface area contributed by atoms with Crippen LogP contribution < -0.4 is 20.6 Å². The zero-order valence-corrected chi connectivity index (χ0v) is 21.4. The lowest BCUT2D eigenvalue weighted by atomic mass is 10.1. The van der Waals surface area contributed by atoms with E-state index in [4.69, 9.17) is 19.8 Å². The molecule has 2 heterocycles. The Hall–Kier alpha value is -4.39. The lowest BCUT2D eigenvalue weighted by Gasteiger charge is -2.11. The van der Waals surface area contributed by atoms with Crippen molar-refractivity contribution in [1.82, 2.24) is 30.7 Å². The van der Waals surface area contributed by atoms with Gasteiger partial charge in [0.1, 0.15) is 0 Å². The highest BCUT2D eigenvalue weighted by Gasteiger charge is 2.24. The van der Waals surface area contributed by atoms with E-state index in [1.54, 1.807) is 20.1 Å². The average molecular weight is 523 g/mol. The van der Waals surface area contributed by atoms with E-state index in [-0.39, 0.29) is 17.3 Å². The molecule has 0 atom stereocenters. The molecule has 2 aromatic heterocycles. The number of nitrogens with two attached hydrogens (primary N) is 1.